The van der Waals surface area contributed by atoms with Gasteiger partial charge in [0.05, 0.1) is 5.02 Å². The summed E-state index contributed by atoms with van der Waals surface area (Å²) in [5, 5.41) is 16.9. The Morgan fingerprint density at radius 3 is 2.93 bits per heavy atom. The molecule has 0 bridgehead atoms. The predicted molar refractivity (Wildman–Crippen MR) is 100 cm³/mol. The molecule has 3 aromatic rings. The maximum Gasteiger partial charge on any atom is 0.273 e. The van der Waals surface area contributed by atoms with Gasteiger partial charge < -0.3 is 19.7 Å². The molecule has 1 unspecified atom stereocenters. The first-order valence-corrected chi connectivity index (χ1v) is 8.70. The van der Waals surface area contributed by atoms with E-state index in [0.29, 0.717) is 22.1 Å². The molecular weight excluding hydrogens is 393 g/mol. The Hall–Kier alpha value is -2.61. The fraction of sp³-hybridized carbons (Fsp3) is 0.167. The summed E-state index contributed by atoms with van der Waals surface area (Å²) in [6.07, 6.45) is 2.28. The second kappa shape index (κ2) is 8.85. The molecule has 0 aliphatic carbocycles. The van der Waals surface area contributed by atoms with E-state index in [1.165, 1.54) is 6.07 Å². The molecule has 0 aliphatic heterocycles. The van der Waals surface area contributed by atoms with Gasteiger partial charge >= 0.3 is 0 Å². The number of benzene rings is 1. The van der Waals surface area contributed by atoms with Crippen molar-refractivity contribution in [3.63, 3.8) is 0 Å². The maximum atomic E-state index is 12.1. The highest BCUT2D eigenvalue weighted by molar-refractivity contribution is 6.42. The Morgan fingerprint density at radius 2 is 2.15 bits per heavy atom. The quantitative estimate of drug-likeness (QED) is 0.623. The van der Waals surface area contributed by atoms with E-state index in [4.69, 9.17) is 32.5 Å². The smallest absolute Gasteiger partial charge is 0.273 e. The maximum absolute atomic E-state index is 12.1. The van der Waals surface area contributed by atoms with E-state index in [1.54, 1.807) is 42.7 Å². The lowest BCUT2D eigenvalue weighted by Crippen LogP contribution is -2.35. The second-order valence-electron chi connectivity index (χ2n) is 5.54. The topological polar surface area (TPSA) is 97.5 Å². The van der Waals surface area contributed by atoms with Crippen molar-refractivity contribution in [1.82, 2.24) is 15.5 Å². The molecule has 0 radical (unpaired) electrons. The number of nitrogens with one attached hydrogen (secondary N) is 1. The fourth-order valence-electron chi connectivity index (χ4n) is 2.17. The van der Waals surface area contributed by atoms with Gasteiger partial charge in [0.1, 0.15) is 23.5 Å². The zero-order valence-corrected chi connectivity index (χ0v) is 15.4. The van der Waals surface area contributed by atoms with Crippen molar-refractivity contribution in [1.29, 1.82) is 0 Å². The van der Waals surface area contributed by atoms with Crippen LogP contribution in [0.25, 0.3) is 11.3 Å². The first-order valence-electron chi connectivity index (χ1n) is 7.95. The number of aromatic nitrogens is 2. The van der Waals surface area contributed by atoms with Crippen LogP contribution in [0.1, 0.15) is 10.5 Å². The third-order valence-corrected chi connectivity index (χ3v) is 4.34. The minimum atomic E-state index is -0.950. The minimum Gasteiger partial charge on any atom is -0.489 e. The predicted octanol–water partition coefficient (Wildman–Crippen LogP) is 3.21. The highest BCUT2D eigenvalue weighted by atomic mass is 35.5. The molecule has 1 amide bonds. The SMILES string of the molecule is O=C(NCC(O)COc1cccc(Cl)c1Cl)c1cc(-c2cccnc2)on1. The van der Waals surface area contributed by atoms with Crippen molar-refractivity contribution in [3.05, 3.63) is 64.5 Å². The van der Waals surface area contributed by atoms with Crippen LogP contribution in [0.5, 0.6) is 5.75 Å². The van der Waals surface area contributed by atoms with E-state index in [1.807, 2.05) is 0 Å². The third kappa shape index (κ3) is 4.97. The van der Waals surface area contributed by atoms with Gasteiger partial charge in [0.25, 0.3) is 5.91 Å². The normalized spacial score (nSPS) is 11.8. The van der Waals surface area contributed by atoms with Gasteiger partial charge in [0, 0.05) is 30.6 Å². The number of halogens is 2. The number of carbonyl (C=O) groups excluding carboxylic acids is 1. The van der Waals surface area contributed by atoms with E-state index >= 15 is 0 Å². The molecule has 0 aliphatic rings. The highest BCUT2D eigenvalue weighted by Gasteiger charge is 2.16. The van der Waals surface area contributed by atoms with Crippen LogP contribution in [0.4, 0.5) is 0 Å². The monoisotopic (exact) mass is 407 g/mol. The third-order valence-electron chi connectivity index (χ3n) is 3.53. The van der Waals surface area contributed by atoms with Gasteiger partial charge in [-0.1, -0.05) is 34.4 Å². The van der Waals surface area contributed by atoms with Crippen molar-refractivity contribution < 1.29 is 19.2 Å². The molecule has 0 fully saturated rings. The van der Waals surface area contributed by atoms with E-state index in [9.17, 15) is 9.90 Å². The number of carbonyl (C=O) groups is 1. The number of hydrogen-bond acceptors (Lipinski definition) is 6. The molecular formula is C18H15Cl2N3O4. The zero-order valence-electron chi connectivity index (χ0n) is 13.9. The number of nitrogens with zero attached hydrogens (tertiary/aromatic N) is 2. The molecule has 2 heterocycles. The average molecular weight is 408 g/mol. The van der Waals surface area contributed by atoms with Gasteiger partial charge in [-0.15, -0.1) is 0 Å². The number of hydrogen-bond donors (Lipinski definition) is 2. The highest BCUT2D eigenvalue weighted by Crippen LogP contribution is 2.31. The fourth-order valence-corrected chi connectivity index (χ4v) is 2.51. The Morgan fingerprint density at radius 1 is 1.30 bits per heavy atom. The van der Waals surface area contributed by atoms with Gasteiger partial charge in [-0.25, -0.2) is 0 Å². The second-order valence-corrected chi connectivity index (χ2v) is 6.33. The number of pyridine rings is 1. The number of amides is 1. The minimum absolute atomic E-state index is 0.0356. The Labute approximate surface area is 164 Å². The van der Waals surface area contributed by atoms with E-state index < -0.39 is 12.0 Å². The van der Waals surface area contributed by atoms with E-state index in [-0.39, 0.29) is 23.9 Å². The number of aliphatic hydroxyl groups excluding tert-OH is 1. The number of aliphatic hydroxyl groups is 1. The molecule has 9 heteroatoms. The Bertz CT molecular complexity index is 918. The summed E-state index contributed by atoms with van der Waals surface area (Å²) in [6.45, 7) is -0.105. The van der Waals surface area contributed by atoms with Crippen molar-refractivity contribution in [2.24, 2.45) is 0 Å². The van der Waals surface area contributed by atoms with Gasteiger partial charge in [-0.05, 0) is 24.3 Å². The van der Waals surface area contributed by atoms with Crippen molar-refractivity contribution >= 4 is 29.1 Å². The van der Waals surface area contributed by atoms with Gasteiger partial charge in [0.15, 0.2) is 11.5 Å². The van der Waals surface area contributed by atoms with Crippen molar-refractivity contribution in [2.45, 2.75) is 6.10 Å². The van der Waals surface area contributed by atoms with E-state index in [0.717, 1.165) is 0 Å². The summed E-state index contributed by atoms with van der Waals surface area (Å²) in [7, 11) is 0. The van der Waals surface area contributed by atoms with Gasteiger partial charge in [-0.2, -0.15) is 0 Å². The van der Waals surface area contributed by atoms with Crippen LogP contribution < -0.4 is 10.1 Å². The molecule has 3 rings (SSSR count). The number of ether oxygens (including phenoxy) is 1. The van der Waals surface area contributed by atoms with Crippen LogP contribution >= 0.6 is 23.2 Å². The zero-order chi connectivity index (χ0) is 19.2. The lowest BCUT2D eigenvalue weighted by molar-refractivity contribution is 0.0837. The Balaban J connectivity index is 1.50. The van der Waals surface area contributed by atoms with Crippen LogP contribution in [0, 0.1) is 0 Å². The first-order chi connectivity index (χ1) is 13.0. The van der Waals surface area contributed by atoms with Crippen molar-refractivity contribution in [2.75, 3.05) is 13.2 Å². The molecule has 1 atom stereocenters. The Kier molecular flexibility index (Phi) is 6.28. The van der Waals surface area contributed by atoms with Crippen LogP contribution in [0.2, 0.25) is 10.0 Å². The summed E-state index contributed by atoms with van der Waals surface area (Å²) in [6, 6.07) is 9.99. The molecule has 27 heavy (non-hydrogen) atoms. The molecule has 0 spiro atoms. The largest absolute Gasteiger partial charge is 0.489 e. The average Bonchev–Trinajstić information content (AvgIpc) is 3.18. The number of rotatable bonds is 7. The van der Waals surface area contributed by atoms with Crippen LogP contribution in [0.3, 0.4) is 0 Å². The molecule has 7 nitrogen and oxygen atoms in total. The first kappa shape index (κ1) is 19.2. The lowest BCUT2D eigenvalue weighted by atomic mass is 10.2. The summed E-state index contributed by atoms with van der Waals surface area (Å²) >= 11 is 11.9. The van der Waals surface area contributed by atoms with Crippen LogP contribution in [-0.4, -0.2) is 40.4 Å². The summed E-state index contributed by atoms with van der Waals surface area (Å²) in [5.41, 5.74) is 0.802. The molecule has 2 aromatic heterocycles. The van der Waals surface area contributed by atoms with E-state index in [2.05, 4.69) is 15.5 Å². The summed E-state index contributed by atoms with van der Waals surface area (Å²) in [4.78, 5) is 16.1. The molecule has 0 saturated carbocycles. The van der Waals surface area contributed by atoms with Crippen LogP contribution in [-0.2, 0) is 0 Å². The summed E-state index contributed by atoms with van der Waals surface area (Å²) < 4.78 is 10.6. The standard InChI is InChI=1S/C18H15Cl2N3O4/c19-13-4-1-5-15(17(13)20)26-10-12(24)9-22-18(25)14-7-16(27-23-14)11-3-2-6-21-8-11/h1-8,12,24H,9-10H2,(H,22,25). The summed E-state index contributed by atoms with van der Waals surface area (Å²) in [5.74, 6) is 0.300. The molecule has 140 valence electrons. The lowest BCUT2D eigenvalue weighted by Gasteiger charge is -2.14. The van der Waals surface area contributed by atoms with Crippen molar-refractivity contribution in [3.8, 4) is 17.1 Å². The van der Waals surface area contributed by atoms with Crippen LogP contribution in [0.15, 0.2) is 53.3 Å². The van der Waals surface area contributed by atoms with Gasteiger partial charge in [0.2, 0.25) is 0 Å². The molecule has 2 N–H and O–H groups in total. The molecule has 0 saturated heterocycles. The molecule has 1 aromatic carbocycles. The van der Waals surface area contributed by atoms with Gasteiger partial charge in [-0.3, -0.25) is 9.78 Å².